The van der Waals surface area contributed by atoms with E-state index in [0.717, 1.165) is 0 Å². The van der Waals surface area contributed by atoms with Gasteiger partial charge < -0.3 is 14.7 Å². The SMILES string of the molecule is CC1(C)CN(C(=O)c2ccc(Oc3cccc(Cl)c3Cl)nn2)CCN1CCO. The van der Waals surface area contributed by atoms with Gasteiger partial charge in [0.05, 0.1) is 11.6 Å². The number of rotatable bonds is 5. The fraction of sp³-hybridized carbons (Fsp3) is 0.421. The lowest BCUT2D eigenvalue weighted by Gasteiger charge is -2.46. The standard InChI is InChI=1S/C19H22Cl2N4O3/c1-19(2)12-24(8-9-25(19)10-11-26)18(27)14-6-7-16(23-22-14)28-15-5-3-4-13(20)17(15)21/h3-7,26H,8-12H2,1-2H3. The molecule has 28 heavy (non-hydrogen) atoms. The third kappa shape index (κ3) is 4.55. The van der Waals surface area contributed by atoms with Gasteiger partial charge in [-0.15, -0.1) is 10.2 Å². The molecule has 150 valence electrons. The molecule has 0 radical (unpaired) electrons. The maximum Gasteiger partial charge on any atom is 0.274 e. The van der Waals surface area contributed by atoms with Crippen molar-refractivity contribution in [2.75, 3.05) is 32.8 Å². The predicted molar refractivity (Wildman–Crippen MR) is 107 cm³/mol. The molecule has 0 bridgehead atoms. The van der Waals surface area contributed by atoms with Gasteiger partial charge in [-0.3, -0.25) is 9.69 Å². The Morgan fingerprint density at radius 2 is 2.00 bits per heavy atom. The lowest BCUT2D eigenvalue weighted by molar-refractivity contribution is 0.0104. The zero-order valence-corrected chi connectivity index (χ0v) is 17.2. The van der Waals surface area contributed by atoms with E-state index in [0.29, 0.717) is 37.0 Å². The molecule has 1 aromatic heterocycles. The Morgan fingerprint density at radius 1 is 1.21 bits per heavy atom. The van der Waals surface area contributed by atoms with Gasteiger partial charge in [0, 0.05) is 37.8 Å². The molecule has 1 fully saturated rings. The van der Waals surface area contributed by atoms with Gasteiger partial charge in [-0.25, -0.2) is 0 Å². The predicted octanol–water partition coefficient (Wildman–Crippen LogP) is 3.10. The molecular formula is C19H22Cl2N4O3. The average molecular weight is 425 g/mol. The Morgan fingerprint density at radius 3 is 2.64 bits per heavy atom. The number of halogens is 2. The normalized spacial score (nSPS) is 16.8. The van der Waals surface area contributed by atoms with Crippen LogP contribution in [0, 0.1) is 0 Å². The molecule has 9 heteroatoms. The van der Waals surface area contributed by atoms with Crippen LogP contribution in [0.1, 0.15) is 24.3 Å². The van der Waals surface area contributed by atoms with Crippen LogP contribution in [0.5, 0.6) is 11.6 Å². The van der Waals surface area contributed by atoms with Gasteiger partial charge in [-0.1, -0.05) is 29.3 Å². The van der Waals surface area contributed by atoms with Crippen LogP contribution in [-0.2, 0) is 0 Å². The molecule has 2 aromatic rings. The summed E-state index contributed by atoms with van der Waals surface area (Å²) in [7, 11) is 0. The number of aromatic nitrogens is 2. The molecule has 1 aliphatic heterocycles. The van der Waals surface area contributed by atoms with Gasteiger partial charge in [0.2, 0.25) is 5.88 Å². The van der Waals surface area contributed by atoms with E-state index in [9.17, 15) is 9.90 Å². The number of hydrogen-bond donors (Lipinski definition) is 1. The number of carbonyl (C=O) groups is 1. The first kappa shape index (κ1) is 20.8. The molecule has 0 unspecified atom stereocenters. The highest BCUT2D eigenvalue weighted by molar-refractivity contribution is 6.42. The largest absolute Gasteiger partial charge is 0.436 e. The Labute approximate surface area is 173 Å². The van der Waals surface area contributed by atoms with Crippen molar-refractivity contribution in [2.45, 2.75) is 19.4 Å². The molecule has 0 aliphatic carbocycles. The first-order chi connectivity index (χ1) is 13.3. The molecule has 1 aliphatic rings. The second-order valence-electron chi connectivity index (χ2n) is 7.16. The van der Waals surface area contributed by atoms with E-state index < -0.39 is 0 Å². The van der Waals surface area contributed by atoms with Crippen LogP contribution < -0.4 is 4.74 Å². The Balaban J connectivity index is 1.68. The van der Waals surface area contributed by atoms with E-state index in [-0.39, 0.29) is 34.6 Å². The van der Waals surface area contributed by atoms with Gasteiger partial charge in [-0.2, -0.15) is 0 Å². The minimum absolute atomic E-state index is 0.0982. The second-order valence-corrected chi connectivity index (χ2v) is 7.95. The van der Waals surface area contributed by atoms with Gasteiger partial charge in [0.15, 0.2) is 5.69 Å². The van der Waals surface area contributed by atoms with Gasteiger partial charge in [0.1, 0.15) is 10.8 Å². The van der Waals surface area contributed by atoms with Gasteiger partial charge >= 0.3 is 0 Å². The highest BCUT2D eigenvalue weighted by Gasteiger charge is 2.35. The van der Waals surface area contributed by atoms with Crippen molar-refractivity contribution in [2.24, 2.45) is 0 Å². The summed E-state index contributed by atoms with van der Waals surface area (Å²) in [6, 6.07) is 8.20. The molecule has 3 rings (SSSR count). The molecule has 1 aromatic carbocycles. The number of benzene rings is 1. The molecule has 2 heterocycles. The number of piperazine rings is 1. The molecule has 1 amide bonds. The van der Waals surface area contributed by atoms with E-state index in [1.54, 1.807) is 35.2 Å². The van der Waals surface area contributed by atoms with Crippen LogP contribution in [0.3, 0.4) is 0 Å². The summed E-state index contributed by atoms with van der Waals surface area (Å²) >= 11 is 12.1. The number of hydrogen-bond acceptors (Lipinski definition) is 6. The minimum Gasteiger partial charge on any atom is -0.436 e. The summed E-state index contributed by atoms with van der Waals surface area (Å²) in [5.41, 5.74) is 0.0205. The molecule has 1 N–H and O–H groups in total. The maximum absolute atomic E-state index is 12.8. The molecular weight excluding hydrogens is 403 g/mol. The topological polar surface area (TPSA) is 78.8 Å². The summed E-state index contributed by atoms with van der Waals surface area (Å²) in [5.74, 6) is 0.398. The lowest BCUT2D eigenvalue weighted by atomic mass is 9.98. The number of β-amino-alcohol motifs (C(OH)–C–C–N with tert-alkyl or cyclic N) is 1. The molecule has 0 saturated carbocycles. The van der Waals surface area contributed by atoms with E-state index >= 15 is 0 Å². The van der Waals surface area contributed by atoms with E-state index in [1.807, 2.05) is 0 Å². The third-order valence-electron chi connectivity index (χ3n) is 4.72. The highest BCUT2D eigenvalue weighted by Crippen LogP contribution is 2.33. The Kier molecular flexibility index (Phi) is 6.40. The minimum atomic E-state index is -0.226. The zero-order valence-electron chi connectivity index (χ0n) is 15.7. The molecule has 0 atom stereocenters. The van der Waals surface area contributed by atoms with E-state index in [4.69, 9.17) is 27.9 Å². The zero-order chi connectivity index (χ0) is 20.3. The summed E-state index contributed by atoms with van der Waals surface area (Å²) in [4.78, 5) is 16.7. The van der Waals surface area contributed by atoms with Crippen LogP contribution in [-0.4, -0.2) is 69.3 Å². The van der Waals surface area contributed by atoms with E-state index in [1.165, 1.54) is 0 Å². The summed E-state index contributed by atoms with van der Waals surface area (Å²) in [6.45, 7) is 6.61. The van der Waals surface area contributed by atoms with E-state index in [2.05, 4.69) is 28.9 Å². The monoisotopic (exact) mass is 424 g/mol. The molecule has 1 saturated heterocycles. The van der Waals surface area contributed by atoms with Crippen LogP contribution in [0.2, 0.25) is 10.0 Å². The maximum atomic E-state index is 12.8. The summed E-state index contributed by atoms with van der Waals surface area (Å²) in [5, 5.41) is 17.8. The molecule has 7 nitrogen and oxygen atoms in total. The third-order valence-corrected chi connectivity index (χ3v) is 5.52. The van der Waals surface area contributed by atoms with Crippen molar-refractivity contribution in [1.82, 2.24) is 20.0 Å². The van der Waals surface area contributed by atoms with Gasteiger partial charge in [-0.05, 0) is 32.0 Å². The smallest absolute Gasteiger partial charge is 0.274 e. The fourth-order valence-corrected chi connectivity index (χ4v) is 3.56. The average Bonchev–Trinajstić information content (AvgIpc) is 2.67. The first-order valence-electron chi connectivity index (χ1n) is 8.92. The number of nitrogens with zero attached hydrogens (tertiary/aromatic N) is 4. The van der Waals surface area contributed by atoms with Crippen LogP contribution in [0.25, 0.3) is 0 Å². The summed E-state index contributed by atoms with van der Waals surface area (Å²) in [6.07, 6.45) is 0. The first-order valence-corrected chi connectivity index (χ1v) is 9.68. The Bertz CT molecular complexity index is 846. The van der Waals surface area contributed by atoms with Crippen LogP contribution in [0.4, 0.5) is 0 Å². The van der Waals surface area contributed by atoms with Crippen molar-refractivity contribution < 1.29 is 14.6 Å². The van der Waals surface area contributed by atoms with Crippen molar-refractivity contribution >= 4 is 29.1 Å². The number of ether oxygens (including phenoxy) is 1. The van der Waals surface area contributed by atoms with Crippen molar-refractivity contribution in [3.8, 4) is 11.6 Å². The second kappa shape index (κ2) is 8.61. The van der Waals surface area contributed by atoms with Crippen molar-refractivity contribution in [1.29, 1.82) is 0 Å². The fourth-order valence-electron chi connectivity index (χ4n) is 3.22. The summed E-state index contributed by atoms with van der Waals surface area (Å²) < 4.78 is 5.60. The highest BCUT2D eigenvalue weighted by atomic mass is 35.5. The van der Waals surface area contributed by atoms with Crippen LogP contribution >= 0.6 is 23.2 Å². The Hall–Kier alpha value is -1.93. The van der Waals surface area contributed by atoms with Crippen LogP contribution in [0.15, 0.2) is 30.3 Å². The number of amides is 1. The number of aliphatic hydroxyl groups is 1. The van der Waals surface area contributed by atoms with Crippen molar-refractivity contribution in [3.63, 3.8) is 0 Å². The number of aliphatic hydroxyl groups excluding tert-OH is 1. The quantitative estimate of drug-likeness (QED) is 0.793. The number of carbonyl (C=O) groups excluding carboxylic acids is 1. The molecule has 0 spiro atoms. The van der Waals surface area contributed by atoms with Gasteiger partial charge in [0.25, 0.3) is 5.91 Å². The lowest BCUT2D eigenvalue weighted by Crippen LogP contribution is -2.60. The van der Waals surface area contributed by atoms with Crippen molar-refractivity contribution in [3.05, 3.63) is 46.1 Å².